The molecule has 0 spiro atoms. The van der Waals surface area contributed by atoms with Gasteiger partial charge < -0.3 is 20.3 Å². The van der Waals surface area contributed by atoms with Gasteiger partial charge in [0.15, 0.2) is 0 Å². The van der Waals surface area contributed by atoms with E-state index in [1.54, 1.807) is 6.08 Å². The van der Waals surface area contributed by atoms with Crippen molar-refractivity contribution in [3.63, 3.8) is 0 Å². The minimum Gasteiger partial charge on any atom is -0.466 e. The maximum absolute atomic E-state index is 12.5. The predicted molar refractivity (Wildman–Crippen MR) is 356 cm³/mol. The molecule has 6 nitrogen and oxygen atoms in total. The number of nitrogens with one attached hydrogen (secondary N) is 1. The zero-order valence-corrected chi connectivity index (χ0v) is 54.5. The van der Waals surface area contributed by atoms with Gasteiger partial charge in [-0.25, -0.2) is 0 Å². The molecule has 0 aliphatic rings. The van der Waals surface area contributed by atoms with Crippen molar-refractivity contribution in [1.82, 2.24) is 5.32 Å². The van der Waals surface area contributed by atoms with Crippen molar-refractivity contribution >= 4 is 11.9 Å². The summed E-state index contributed by atoms with van der Waals surface area (Å²) < 4.78 is 5.48. The second-order valence-electron chi connectivity index (χ2n) is 24.9. The maximum atomic E-state index is 12.5. The van der Waals surface area contributed by atoms with Crippen LogP contribution in [-0.2, 0) is 14.3 Å². The molecule has 0 heterocycles. The van der Waals surface area contributed by atoms with Crippen molar-refractivity contribution in [2.45, 2.75) is 405 Å². The molecular weight excluding hydrogens is 995 g/mol. The van der Waals surface area contributed by atoms with E-state index in [4.69, 9.17) is 4.74 Å². The average molecular weight is 1140 g/mol. The molecule has 476 valence electrons. The average Bonchev–Trinajstić information content (AvgIpc) is 3.47. The standard InChI is InChI=1S/C75H141NO5/c1-3-5-7-9-11-13-15-17-19-20-21-22-23-25-28-31-34-37-40-43-47-51-55-59-63-67-73(78)72(71-77)76-74(79)68-64-60-56-52-48-44-41-38-35-32-29-26-24-27-30-33-36-39-42-46-50-54-58-62-66-70-81-75(80)69-65-61-57-53-49-45-18-16-14-12-10-8-6-4-2/h10,12,16,18,26,29,63,67,72-73,77-78H,3-9,11,13-15,17,19-25,27-28,30-62,64-66,68-71H2,1-2H3,(H,76,79)/b12-10-,18-16-,29-26-,67-63+. The van der Waals surface area contributed by atoms with E-state index in [-0.39, 0.29) is 18.5 Å². The monoisotopic (exact) mass is 1140 g/mol. The van der Waals surface area contributed by atoms with Crippen molar-refractivity contribution in [1.29, 1.82) is 0 Å². The molecule has 6 heteroatoms. The van der Waals surface area contributed by atoms with Crippen LogP contribution in [0.4, 0.5) is 0 Å². The van der Waals surface area contributed by atoms with Crippen LogP contribution in [0.5, 0.6) is 0 Å². The quantitative estimate of drug-likeness (QED) is 0.0320. The summed E-state index contributed by atoms with van der Waals surface area (Å²) in [6.45, 7) is 4.89. The number of carbonyl (C=O) groups excluding carboxylic acids is 2. The Morgan fingerprint density at radius 2 is 0.630 bits per heavy atom. The molecule has 0 radical (unpaired) electrons. The van der Waals surface area contributed by atoms with Crippen molar-refractivity contribution < 1.29 is 24.5 Å². The normalized spacial score (nSPS) is 12.8. The van der Waals surface area contributed by atoms with Crippen LogP contribution >= 0.6 is 0 Å². The maximum Gasteiger partial charge on any atom is 0.305 e. The van der Waals surface area contributed by atoms with Crippen molar-refractivity contribution in [2.75, 3.05) is 13.2 Å². The van der Waals surface area contributed by atoms with Gasteiger partial charge >= 0.3 is 5.97 Å². The van der Waals surface area contributed by atoms with E-state index in [1.165, 1.54) is 315 Å². The molecule has 0 aromatic rings. The molecule has 0 aliphatic heterocycles. The van der Waals surface area contributed by atoms with Gasteiger partial charge in [-0.05, 0) is 83.5 Å². The molecule has 81 heavy (non-hydrogen) atoms. The van der Waals surface area contributed by atoms with Crippen LogP contribution in [0.25, 0.3) is 0 Å². The van der Waals surface area contributed by atoms with Gasteiger partial charge in [0.2, 0.25) is 5.91 Å². The Morgan fingerprint density at radius 1 is 0.346 bits per heavy atom. The highest BCUT2D eigenvalue weighted by atomic mass is 16.5. The van der Waals surface area contributed by atoms with E-state index in [2.05, 4.69) is 55.6 Å². The lowest BCUT2D eigenvalue weighted by atomic mass is 10.0. The second-order valence-corrected chi connectivity index (χ2v) is 24.9. The molecule has 1 amide bonds. The van der Waals surface area contributed by atoms with E-state index < -0.39 is 12.1 Å². The summed E-state index contributed by atoms with van der Waals surface area (Å²) in [5, 5.41) is 23.3. The third-order valence-corrected chi connectivity index (χ3v) is 16.8. The van der Waals surface area contributed by atoms with Crippen molar-refractivity contribution in [3.05, 3.63) is 48.6 Å². The first-order chi connectivity index (χ1) is 40.0. The summed E-state index contributed by atoms with van der Waals surface area (Å²) >= 11 is 0. The van der Waals surface area contributed by atoms with E-state index in [0.717, 1.165) is 51.4 Å². The number of allylic oxidation sites excluding steroid dienone is 7. The molecular formula is C75H141NO5. The van der Waals surface area contributed by atoms with Crippen LogP contribution in [0.15, 0.2) is 48.6 Å². The minimum absolute atomic E-state index is 0.00136. The number of amides is 1. The van der Waals surface area contributed by atoms with Crippen molar-refractivity contribution in [2.24, 2.45) is 0 Å². The second kappa shape index (κ2) is 70.3. The van der Waals surface area contributed by atoms with Crippen LogP contribution in [-0.4, -0.2) is 47.4 Å². The zero-order chi connectivity index (χ0) is 58.5. The molecule has 2 atom stereocenters. The Labute approximate surface area is 506 Å². The first-order valence-corrected chi connectivity index (χ1v) is 36.4. The first-order valence-electron chi connectivity index (χ1n) is 36.4. The third kappa shape index (κ3) is 66.8. The number of hydrogen-bond donors (Lipinski definition) is 3. The predicted octanol–water partition coefficient (Wildman–Crippen LogP) is 23.6. The fourth-order valence-electron chi connectivity index (χ4n) is 11.2. The first kappa shape index (κ1) is 78.8. The molecule has 0 fully saturated rings. The van der Waals surface area contributed by atoms with Crippen LogP contribution in [0.2, 0.25) is 0 Å². The third-order valence-electron chi connectivity index (χ3n) is 16.8. The zero-order valence-electron chi connectivity index (χ0n) is 54.5. The van der Waals surface area contributed by atoms with Gasteiger partial charge in [-0.2, -0.15) is 0 Å². The molecule has 0 aromatic carbocycles. The van der Waals surface area contributed by atoms with E-state index in [9.17, 15) is 19.8 Å². The summed E-state index contributed by atoms with van der Waals surface area (Å²) in [4.78, 5) is 24.6. The summed E-state index contributed by atoms with van der Waals surface area (Å²) in [6.07, 6.45) is 92.0. The number of ether oxygens (including phenoxy) is 1. The number of hydrogen-bond acceptors (Lipinski definition) is 5. The molecule has 0 saturated carbocycles. The number of rotatable bonds is 68. The number of carbonyl (C=O) groups is 2. The highest BCUT2D eigenvalue weighted by molar-refractivity contribution is 5.76. The number of unbranched alkanes of at least 4 members (excludes halogenated alkanes) is 51. The lowest BCUT2D eigenvalue weighted by molar-refractivity contribution is -0.143. The Balaban J connectivity index is 3.43. The van der Waals surface area contributed by atoms with E-state index >= 15 is 0 Å². The van der Waals surface area contributed by atoms with Crippen LogP contribution in [0.3, 0.4) is 0 Å². The fourth-order valence-corrected chi connectivity index (χ4v) is 11.2. The Bertz CT molecular complexity index is 1360. The highest BCUT2D eigenvalue weighted by Crippen LogP contribution is 2.18. The number of aliphatic hydroxyl groups excluding tert-OH is 2. The lowest BCUT2D eigenvalue weighted by Gasteiger charge is -2.20. The van der Waals surface area contributed by atoms with E-state index in [1.807, 2.05) is 6.08 Å². The summed E-state index contributed by atoms with van der Waals surface area (Å²) in [5.41, 5.74) is 0. The molecule has 2 unspecified atom stereocenters. The lowest BCUT2D eigenvalue weighted by Crippen LogP contribution is -2.45. The molecule has 0 aliphatic carbocycles. The Morgan fingerprint density at radius 3 is 0.988 bits per heavy atom. The summed E-state index contributed by atoms with van der Waals surface area (Å²) in [6, 6.07) is -0.633. The van der Waals surface area contributed by atoms with Gasteiger partial charge in [0.1, 0.15) is 0 Å². The van der Waals surface area contributed by atoms with Gasteiger partial charge in [-0.1, -0.05) is 345 Å². The smallest absolute Gasteiger partial charge is 0.305 e. The number of aliphatic hydroxyl groups is 2. The number of esters is 1. The van der Waals surface area contributed by atoms with Crippen LogP contribution < -0.4 is 5.32 Å². The molecule has 0 bridgehead atoms. The van der Waals surface area contributed by atoms with Gasteiger partial charge in [0.05, 0.1) is 25.4 Å². The van der Waals surface area contributed by atoms with Crippen molar-refractivity contribution in [3.8, 4) is 0 Å². The minimum atomic E-state index is -0.849. The summed E-state index contributed by atoms with van der Waals surface area (Å²) in [5.74, 6) is -0.0688. The van der Waals surface area contributed by atoms with Gasteiger partial charge in [-0.15, -0.1) is 0 Å². The largest absolute Gasteiger partial charge is 0.466 e. The fraction of sp³-hybridized carbons (Fsp3) is 0.867. The molecule has 0 saturated heterocycles. The topological polar surface area (TPSA) is 95.9 Å². The van der Waals surface area contributed by atoms with Gasteiger partial charge in [-0.3, -0.25) is 9.59 Å². The Hall–Kier alpha value is -2.18. The highest BCUT2D eigenvalue weighted by Gasteiger charge is 2.18. The van der Waals surface area contributed by atoms with E-state index in [0.29, 0.717) is 19.4 Å². The molecule has 0 aromatic heterocycles. The molecule has 0 rings (SSSR count). The summed E-state index contributed by atoms with van der Waals surface area (Å²) in [7, 11) is 0. The van der Waals surface area contributed by atoms with Crippen LogP contribution in [0, 0.1) is 0 Å². The van der Waals surface area contributed by atoms with Gasteiger partial charge in [0, 0.05) is 12.8 Å². The SMILES string of the molecule is CCCC/C=C\C/C=C\CCCCCCCC(=O)OCCCCCCCCCCCCCC/C=C\CCCCCCCCCCCC(=O)NC(CO)C(O)/C=C/CCCCCCCCCCCCCCCCCCCCCCCCC. The van der Waals surface area contributed by atoms with Gasteiger partial charge in [0.25, 0.3) is 0 Å². The van der Waals surface area contributed by atoms with Crippen LogP contribution in [0.1, 0.15) is 393 Å². The Kier molecular flexibility index (Phi) is 68.4. The molecule has 3 N–H and O–H groups in total.